The Hall–Kier alpha value is -2.37. The maximum Gasteiger partial charge on any atom is 0.339 e. The number of aromatic hydroxyl groups is 2. The molecule has 0 aliphatic heterocycles. The number of phenolic OH excluding ortho intramolecular Hbond substituents is 1. The summed E-state index contributed by atoms with van der Waals surface area (Å²) in [5.74, 6) is -0.465. The minimum absolute atomic E-state index is 0.00208. The van der Waals surface area contributed by atoms with Crippen LogP contribution in [0, 0.1) is 0 Å². The van der Waals surface area contributed by atoms with Gasteiger partial charge in [0.1, 0.15) is 16.7 Å². The van der Waals surface area contributed by atoms with Crippen LogP contribution in [-0.2, 0) is 0 Å². The second-order valence-electron chi connectivity index (χ2n) is 3.28. The third-order valence-electron chi connectivity index (χ3n) is 2.33. The Morgan fingerprint density at radius 3 is 2.47 bits per heavy atom. The van der Waals surface area contributed by atoms with Gasteiger partial charge in [-0.25, -0.2) is 4.79 Å². The molecule has 0 saturated heterocycles. The summed E-state index contributed by atoms with van der Waals surface area (Å²) in [4.78, 5) is 11.1. The van der Waals surface area contributed by atoms with E-state index in [-0.39, 0.29) is 34.0 Å². The van der Waals surface area contributed by atoms with E-state index in [0.717, 1.165) is 6.07 Å². The van der Waals surface area contributed by atoms with Crippen molar-refractivity contribution in [3.05, 3.63) is 22.6 Å². The van der Waals surface area contributed by atoms with Crippen molar-refractivity contribution in [3.63, 3.8) is 0 Å². The molecule has 2 rings (SSSR count). The first-order valence-electron chi connectivity index (χ1n) is 4.69. The first kappa shape index (κ1) is 11.1. The van der Waals surface area contributed by atoms with E-state index in [9.17, 15) is 15.0 Å². The summed E-state index contributed by atoms with van der Waals surface area (Å²) in [7, 11) is 2.73. The van der Waals surface area contributed by atoms with Gasteiger partial charge < -0.3 is 24.1 Å². The molecule has 90 valence electrons. The van der Waals surface area contributed by atoms with E-state index in [1.807, 2.05) is 0 Å². The highest BCUT2D eigenvalue weighted by Crippen LogP contribution is 2.44. The predicted molar refractivity (Wildman–Crippen MR) is 58.9 cm³/mol. The molecule has 0 saturated carbocycles. The number of fused-ring (bicyclic) bond motifs is 1. The van der Waals surface area contributed by atoms with Crippen LogP contribution in [0.15, 0.2) is 21.3 Å². The van der Waals surface area contributed by atoms with Gasteiger partial charge in [-0.05, 0) is 0 Å². The van der Waals surface area contributed by atoms with E-state index in [0.29, 0.717) is 0 Å². The minimum Gasteiger partial charge on any atom is -0.507 e. The van der Waals surface area contributed by atoms with Crippen molar-refractivity contribution in [2.45, 2.75) is 0 Å². The number of hydrogen-bond acceptors (Lipinski definition) is 6. The van der Waals surface area contributed by atoms with Crippen LogP contribution < -0.4 is 15.1 Å². The van der Waals surface area contributed by atoms with Crippen molar-refractivity contribution in [2.24, 2.45) is 0 Å². The first-order chi connectivity index (χ1) is 8.08. The number of rotatable bonds is 2. The molecule has 0 unspecified atom stereocenters. The summed E-state index contributed by atoms with van der Waals surface area (Å²) in [5.41, 5.74) is -0.702. The molecule has 0 spiro atoms. The molecule has 0 fully saturated rings. The number of methoxy groups -OCH3 is 2. The Kier molecular flexibility index (Phi) is 2.55. The van der Waals surface area contributed by atoms with Crippen molar-refractivity contribution >= 4 is 11.0 Å². The van der Waals surface area contributed by atoms with Gasteiger partial charge >= 0.3 is 5.63 Å². The lowest BCUT2D eigenvalue weighted by atomic mass is 10.1. The van der Waals surface area contributed by atoms with E-state index in [1.54, 1.807) is 0 Å². The molecule has 1 aromatic carbocycles. The minimum atomic E-state index is -0.721. The maximum absolute atomic E-state index is 11.1. The largest absolute Gasteiger partial charge is 0.507 e. The summed E-state index contributed by atoms with van der Waals surface area (Å²) < 4.78 is 14.8. The highest BCUT2D eigenvalue weighted by molar-refractivity contribution is 5.93. The predicted octanol–water partition coefficient (Wildman–Crippen LogP) is 1.22. The van der Waals surface area contributed by atoms with E-state index in [1.165, 1.54) is 20.3 Å². The summed E-state index contributed by atoms with van der Waals surface area (Å²) in [6.07, 6.45) is 0. The van der Waals surface area contributed by atoms with Crippen molar-refractivity contribution in [1.29, 1.82) is 0 Å². The van der Waals surface area contributed by atoms with Crippen LogP contribution in [0.2, 0.25) is 0 Å². The Morgan fingerprint density at radius 1 is 1.18 bits per heavy atom. The van der Waals surface area contributed by atoms with Crippen LogP contribution in [0.5, 0.6) is 23.0 Å². The Balaban J connectivity index is 2.95. The molecule has 0 amide bonds. The second-order valence-corrected chi connectivity index (χ2v) is 3.28. The van der Waals surface area contributed by atoms with E-state index >= 15 is 0 Å². The van der Waals surface area contributed by atoms with E-state index < -0.39 is 5.63 Å². The average Bonchev–Trinajstić information content (AvgIpc) is 2.27. The summed E-state index contributed by atoms with van der Waals surface area (Å²) in [5, 5.41) is 19.5. The SMILES string of the molecule is COc1cc2oc(=O)cc(O)c2c(O)c1OC. The topological polar surface area (TPSA) is 89.1 Å². The fourth-order valence-electron chi connectivity index (χ4n) is 1.60. The van der Waals surface area contributed by atoms with Gasteiger partial charge in [0.15, 0.2) is 11.5 Å². The smallest absolute Gasteiger partial charge is 0.339 e. The molecule has 17 heavy (non-hydrogen) atoms. The number of benzene rings is 1. The van der Waals surface area contributed by atoms with Crippen LogP contribution in [0.1, 0.15) is 0 Å². The molecule has 0 bridgehead atoms. The molecule has 1 aromatic heterocycles. The van der Waals surface area contributed by atoms with Crippen LogP contribution in [0.4, 0.5) is 0 Å². The van der Waals surface area contributed by atoms with Crippen molar-refractivity contribution in [2.75, 3.05) is 14.2 Å². The summed E-state index contributed by atoms with van der Waals surface area (Å²) in [6, 6.07) is 2.23. The highest BCUT2D eigenvalue weighted by atomic mass is 16.5. The quantitative estimate of drug-likeness (QED) is 0.764. The second kappa shape index (κ2) is 3.89. The van der Waals surface area contributed by atoms with Gasteiger partial charge in [-0.2, -0.15) is 0 Å². The van der Waals surface area contributed by atoms with Crippen molar-refractivity contribution in [3.8, 4) is 23.0 Å². The van der Waals surface area contributed by atoms with Gasteiger partial charge in [-0.1, -0.05) is 0 Å². The molecule has 2 aromatic rings. The molecule has 0 aliphatic carbocycles. The fourth-order valence-corrected chi connectivity index (χ4v) is 1.60. The lowest BCUT2D eigenvalue weighted by Gasteiger charge is -2.11. The molecule has 0 radical (unpaired) electrons. The number of ether oxygens (including phenoxy) is 2. The summed E-state index contributed by atoms with van der Waals surface area (Å²) in [6.45, 7) is 0. The molecule has 6 nitrogen and oxygen atoms in total. The van der Waals surface area contributed by atoms with Crippen molar-refractivity contribution < 1.29 is 24.1 Å². The van der Waals surface area contributed by atoms with Crippen LogP contribution >= 0.6 is 0 Å². The van der Waals surface area contributed by atoms with Gasteiger partial charge in [0.05, 0.1) is 20.3 Å². The number of hydrogen-bond donors (Lipinski definition) is 2. The van der Waals surface area contributed by atoms with E-state index in [2.05, 4.69) is 0 Å². The normalized spacial score (nSPS) is 10.5. The van der Waals surface area contributed by atoms with Crippen LogP contribution in [0.25, 0.3) is 11.0 Å². The molecular weight excluding hydrogens is 228 g/mol. The molecular formula is C11H10O6. The molecule has 2 N–H and O–H groups in total. The lowest BCUT2D eigenvalue weighted by Crippen LogP contribution is -1.97. The Labute approximate surface area is 95.6 Å². The van der Waals surface area contributed by atoms with Gasteiger partial charge in [-0.15, -0.1) is 0 Å². The van der Waals surface area contributed by atoms with Crippen LogP contribution in [-0.4, -0.2) is 24.4 Å². The number of phenols is 1. The molecule has 0 atom stereocenters. The van der Waals surface area contributed by atoms with Crippen molar-refractivity contribution in [1.82, 2.24) is 0 Å². The zero-order chi connectivity index (χ0) is 12.6. The standard InChI is InChI=1S/C11H10O6/c1-15-7-4-6-9(10(14)11(7)16-2)5(12)3-8(13)17-6/h3-4,12,14H,1-2H3. The molecule has 6 heteroatoms. The van der Waals surface area contributed by atoms with Gasteiger partial charge in [0.2, 0.25) is 5.75 Å². The monoisotopic (exact) mass is 238 g/mol. The lowest BCUT2D eigenvalue weighted by molar-refractivity contribution is 0.333. The maximum atomic E-state index is 11.1. The zero-order valence-electron chi connectivity index (χ0n) is 9.18. The van der Waals surface area contributed by atoms with E-state index in [4.69, 9.17) is 13.9 Å². The molecule has 1 heterocycles. The summed E-state index contributed by atoms with van der Waals surface area (Å²) >= 11 is 0. The third-order valence-corrected chi connectivity index (χ3v) is 2.33. The van der Waals surface area contributed by atoms with Gasteiger partial charge in [0, 0.05) is 6.07 Å². The van der Waals surface area contributed by atoms with Crippen LogP contribution in [0.3, 0.4) is 0 Å². The first-order valence-corrected chi connectivity index (χ1v) is 4.69. The zero-order valence-corrected chi connectivity index (χ0v) is 9.18. The Morgan fingerprint density at radius 2 is 1.88 bits per heavy atom. The third kappa shape index (κ3) is 1.63. The van der Waals surface area contributed by atoms with Gasteiger partial charge in [0.25, 0.3) is 0 Å². The molecule has 0 aliphatic rings. The average molecular weight is 238 g/mol. The van der Waals surface area contributed by atoms with Gasteiger partial charge in [-0.3, -0.25) is 0 Å². The Bertz CT molecular complexity index is 628. The highest BCUT2D eigenvalue weighted by Gasteiger charge is 2.18. The fraction of sp³-hybridized carbons (Fsp3) is 0.182.